The molecular weight excluding hydrogens is 291 g/mol. The molecule has 1 heterocycles. The summed E-state index contributed by atoms with van der Waals surface area (Å²) in [4.78, 5) is 0. The van der Waals surface area contributed by atoms with Gasteiger partial charge in [0.1, 0.15) is 6.54 Å². The van der Waals surface area contributed by atoms with Crippen LogP contribution in [0, 0.1) is 5.92 Å². The van der Waals surface area contributed by atoms with Gasteiger partial charge in [-0.05, 0) is 12.3 Å². The zero-order valence-corrected chi connectivity index (χ0v) is 11.6. The molecule has 1 rings (SSSR count). The normalized spacial score (nSPS) is 15.2. The van der Waals surface area contributed by atoms with Crippen molar-refractivity contribution in [1.82, 2.24) is 0 Å². The molecule has 0 aliphatic heterocycles. The van der Waals surface area contributed by atoms with Gasteiger partial charge in [-0.1, -0.05) is 19.9 Å². The molecule has 19 heavy (non-hydrogen) atoms. The van der Waals surface area contributed by atoms with E-state index in [9.17, 15) is 25.2 Å². The van der Waals surface area contributed by atoms with Crippen LogP contribution in [0.5, 0.6) is 0 Å². The van der Waals surface area contributed by atoms with E-state index in [0.717, 1.165) is 12.5 Å². The number of hydrogen-bond donors (Lipinski definition) is 0. The molecule has 0 unspecified atom stereocenters. The Kier molecular flexibility index (Phi) is 5.40. The van der Waals surface area contributed by atoms with Crippen LogP contribution in [0.2, 0.25) is 0 Å². The van der Waals surface area contributed by atoms with E-state index in [1.807, 2.05) is 0 Å². The number of halogens is 6. The fourth-order valence-electron chi connectivity index (χ4n) is 1.27. The number of nitrogens with zero attached hydrogens (tertiary/aromatic N) is 1. The Labute approximate surface area is 108 Å². The maximum absolute atomic E-state index is 10.7. The summed E-state index contributed by atoms with van der Waals surface area (Å²) in [6.07, 6.45) is 6.86. The van der Waals surface area contributed by atoms with Crippen LogP contribution in [0.3, 0.4) is 0 Å². The molecule has 0 N–H and O–H groups in total. The van der Waals surface area contributed by atoms with Crippen LogP contribution in [0.15, 0.2) is 30.6 Å². The Hall–Kier alpha value is -0.840. The fourth-order valence-corrected chi connectivity index (χ4v) is 1.27. The van der Waals surface area contributed by atoms with Crippen molar-refractivity contribution in [2.75, 3.05) is 0 Å². The molecule has 0 aromatic carbocycles. The van der Waals surface area contributed by atoms with E-state index in [2.05, 4.69) is 49.0 Å². The first-order valence-corrected chi connectivity index (χ1v) is 7.77. The summed E-state index contributed by atoms with van der Waals surface area (Å²) in [5, 5.41) is 0. The zero-order chi connectivity index (χ0) is 15.2. The van der Waals surface area contributed by atoms with Gasteiger partial charge < -0.3 is 0 Å². The molecule has 1 nitrogen and oxygen atoms in total. The summed E-state index contributed by atoms with van der Waals surface area (Å²) in [5.41, 5.74) is 0. The number of pyridine rings is 1. The van der Waals surface area contributed by atoms with Crippen molar-refractivity contribution >= 4 is 7.81 Å². The third-order valence-electron chi connectivity index (χ3n) is 1.98. The number of hydrogen-bond acceptors (Lipinski definition) is 0. The van der Waals surface area contributed by atoms with Gasteiger partial charge in [-0.25, -0.2) is 4.57 Å². The van der Waals surface area contributed by atoms with Gasteiger partial charge in [0.05, 0.1) is 0 Å². The van der Waals surface area contributed by atoms with Gasteiger partial charge in [-0.3, -0.25) is 0 Å². The fraction of sp³-hybridized carbons (Fsp3) is 0.545. The van der Waals surface area contributed by atoms with Crippen LogP contribution in [-0.4, -0.2) is 0 Å². The summed E-state index contributed by atoms with van der Waals surface area (Å²) in [5.74, 6) is 0.828. The van der Waals surface area contributed by atoms with E-state index in [1.54, 1.807) is 0 Å². The van der Waals surface area contributed by atoms with Crippen molar-refractivity contribution in [3.8, 4) is 0 Å². The molecule has 0 aliphatic rings. The van der Waals surface area contributed by atoms with Crippen LogP contribution in [-0.2, 0) is 6.54 Å². The third kappa shape index (κ3) is 22.8. The molecule has 0 atom stereocenters. The Morgan fingerprint density at radius 1 is 0.895 bits per heavy atom. The molecule has 0 bridgehead atoms. The summed E-state index contributed by atoms with van der Waals surface area (Å²) in [7, 11) is -10.7. The van der Waals surface area contributed by atoms with Crippen molar-refractivity contribution in [3.05, 3.63) is 30.6 Å². The Bertz CT molecular complexity index is 360. The van der Waals surface area contributed by atoms with Gasteiger partial charge in [0.15, 0.2) is 12.4 Å². The molecule has 114 valence electrons. The first kappa shape index (κ1) is 18.2. The van der Waals surface area contributed by atoms with E-state index in [4.69, 9.17) is 0 Å². The average molecular weight is 309 g/mol. The van der Waals surface area contributed by atoms with Crippen LogP contribution in [0.25, 0.3) is 0 Å². The van der Waals surface area contributed by atoms with Crippen molar-refractivity contribution in [2.24, 2.45) is 5.92 Å². The average Bonchev–Trinajstić information content (AvgIpc) is 2.13. The summed E-state index contributed by atoms with van der Waals surface area (Å²) < 4.78 is 61.4. The van der Waals surface area contributed by atoms with Gasteiger partial charge in [-0.2, -0.15) is 0 Å². The van der Waals surface area contributed by atoms with E-state index in [0.29, 0.717) is 0 Å². The molecule has 1 aromatic rings. The molecule has 0 fully saturated rings. The molecule has 0 amide bonds. The first-order chi connectivity index (χ1) is 8.24. The van der Waals surface area contributed by atoms with Crippen molar-refractivity contribution in [2.45, 2.75) is 33.2 Å². The van der Waals surface area contributed by atoms with Gasteiger partial charge in [0, 0.05) is 18.6 Å². The second-order valence-corrected chi connectivity index (χ2v) is 6.52. The Morgan fingerprint density at radius 3 is 1.68 bits per heavy atom. The number of rotatable bonds is 4. The van der Waals surface area contributed by atoms with Gasteiger partial charge in [0.2, 0.25) is 0 Å². The second-order valence-electron chi connectivity index (χ2n) is 4.61. The van der Waals surface area contributed by atoms with E-state index in [1.165, 1.54) is 12.8 Å². The van der Waals surface area contributed by atoms with E-state index < -0.39 is 7.81 Å². The van der Waals surface area contributed by atoms with E-state index in [-0.39, 0.29) is 0 Å². The third-order valence-corrected chi connectivity index (χ3v) is 1.98. The van der Waals surface area contributed by atoms with Crippen LogP contribution < -0.4 is 4.57 Å². The van der Waals surface area contributed by atoms with Gasteiger partial charge in [-0.15, -0.1) is 0 Å². The van der Waals surface area contributed by atoms with Gasteiger partial charge >= 0.3 is 33.0 Å². The van der Waals surface area contributed by atoms with Crippen molar-refractivity contribution in [1.29, 1.82) is 0 Å². The topological polar surface area (TPSA) is 3.88 Å². The van der Waals surface area contributed by atoms with Gasteiger partial charge in [0.25, 0.3) is 0 Å². The van der Waals surface area contributed by atoms with Crippen LogP contribution >= 0.6 is 7.81 Å². The zero-order valence-electron chi connectivity index (χ0n) is 10.7. The van der Waals surface area contributed by atoms with Crippen molar-refractivity contribution in [3.63, 3.8) is 0 Å². The molecule has 0 saturated carbocycles. The molecule has 0 spiro atoms. The van der Waals surface area contributed by atoms with E-state index >= 15 is 0 Å². The summed E-state index contributed by atoms with van der Waals surface area (Å²) >= 11 is 0. The number of aromatic nitrogens is 1. The summed E-state index contributed by atoms with van der Waals surface area (Å²) in [6.45, 7) is 5.70. The summed E-state index contributed by atoms with van der Waals surface area (Å²) in [6, 6.07) is 6.21. The minimum atomic E-state index is -10.7. The molecule has 1 aromatic heterocycles. The Balaban J connectivity index is 0.000000399. The minimum absolute atomic E-state index is 0.828. The first-order valence-electron chi connectivity index (χ1n) is 5.74. The maximum atomic E-state index is 9.87. The predicted octanol–water partition coefficient (Wildman–Crippen LogP) is 5.79. The molecule has 8 heteroatoms. The SMILES string of the molecule is CC(C)CCC[n+]1ccccc1.F[P-](F)(F)(F)(F)F. The predicted molar refractivity (Wildman–Crippen MR) is 64.3 cm³/mol. The molecular formula is C11H18F6NP. The molecule has 0 saturated heterocycles. The standard InChI is InChI=1S/C11H18N.F6P/c1-11(2)7-6-10-12-8-4-3-5-9-12;1-7(2,3,4,5)6/h3-5,8-9,11H,6-7,10H2,1-2H3;/q+1;-1. The molecule has 0 radical (unpaired) electrons. The number of aryl methyl sites for hydroxylation is 1. The van der Waals surface area contributed by atoms with Crippen LogP contribution in [0.1, 0.15) is 26.7 Å². The monoisotopic (exact) mass is 309 g/mol. The Morgan fingerprint density at radius 2 is 1.32 bits per heavy atom. The second kappa shape index (κ2) is 5.65. The quantitative estimate of drug-likeness (QED) is 0.376. The van der Waals surface area contributed by atoms with Crippen molar-refractivity contribution < 1.29 is 29.7 Å². The van der Waals surface area contributed by atoms with Crippen LogP contribution in [0.4, 0.5) is 25.2 Å². The molecule has 0 aliphatic carbocycles.